The van der Waals surface area contributed by atoms with Crippen molar-refractivity contribution >= 4 is 22.5 Å². The van der Waals surface area contributed by atoms with Gasteiger partial charge in [0.1, 0.15) is 11.9 Å². The Balaban J connectivity index is 1.85. The Labute approximate surface area is 171 Å². The van der Waals surface area contributed by atoms with Crippen molar-refractivity contribution in [3.8, 4) is 6.07 Å². The summed E-state index contributed by atoms with van der Waals surface area (Å²) in [5, 5.41) is 10.0. The van der Waals surface area contributed by atoms with Crippen LogP contribution in [-0.2, 0) is 6.42 Å². The molecule has 0 spiro atoms. The molecule has 0 atom stereocenters. The summed E-state index contributed by atoms with van der Waals surface area (Å²) in [6, 6.07) is 19.4. The number of nitriles is 1. The van der Waals surface area contributed by atoms with Gasteiger partial charge in [0.25, 0.3) is 0 Å². The number of imidazole rings is 1. The van der Waals surface area contributed by atoms with Gasteiger partial charge in [0, 0.05) is 25.1 Å². The number of benzene rings is 2. The third kappa shape index (κ3) is 2.86. The molecule has 0 N–H and O–H groups in total. The zero-order valence-corrected chi connectivity index (χ0v) is 16.9. The molecule has 1 aliphatic heterocycles. The van der Waals surface area contributed by atoms with E-state index in [1.165, 1.54) is 35.3 Å². The number of fused-ring (bicyclic) bond motifs is 3. The molecule has 5 rings (SSSR count). The molecule has 29 heavy (non-hydrogen) atoms. The van der Waals surface area contributed by atoms with Crippen molar-refractivity contribution in [1.29, 1.82) is 5.26 Å². The van der Waals surface area contributed by atoms with E-state index in [-0.39, 0.29) is 0 Å². The molecule has 0 saturated carbocycles. The molecule has 1 saturated heterocycles. The van der Waals surface area contributed by atoms with E-state index in [9.17, 15) is 5.26 Å². The molecule has 144 valence electrons. The number of nitrogens with zero attached hydrogens (tertiary/aromatic N) is 4. The molecular formula is C25H24N4. The molecule has 0 amide bonds. The fourth-order valence-corrected chi connectivity index (χ4v) is 4.55. The molecule has 0 aliphatic carbocycles. The summed E-state index contributed by atoms with van der Waals surface area (Å²) in [6.07, 6.45) is 3.23. The third-order valence-electron chi connectivity index (χ3n) is 6.11. The van der Waals surface area contributed by atoms with E-state index in [1.807, 2.05) is 12.1 Å². The molecule has 1 fully saturated rings. The number of para-hydroxylation sites is 2. The number of pyridine rings is 1. The van der Waals surface area contributed by atoms with E-state index in [0.29, 0.717) is 5.56 Å². The van der Waals surface area contributed by atoms with Gasteiger partial charge in [0.05, 0.1) is 16.6 Å². The molecule has 0 bridgehead atoms. The van der Waals surface area contributed by atoms with Gasteiger partial charge in [0.2, 0.25) is 0 Å². The van der Waals surface area contributed by atoms with Gasteiger partial charge in [-0.1, -0.05) is 42.0 Å². The molecule has 0 radical (unpaired) electrons. The topological polar surface area (TPSA) is 44.3 Å². The summed E-state index contributed by atoms with van der Waals surface area (Å²) >= 11 is 0. The number of anilines is 1. The van der Waals surface area contributed by atoms with E-state index in [1.54, 1.807) is 0 Å². The van der Waals surface area contributed by atoms with Gasteiger partial charge in [-0.2, -0.15) is 5.26 Å². The Morgan fingerprint density at radius 2 is 1.72 bits per heavy atom. The lowest BCUT2D eigenvalue weighted by Crippen LogP contribution is -2.23. The van der Waals surface area contributed by atoms with Crippen molar-refractivity contribution in [2.75, 3.05) is 18.0 Å². The molecule has 4 heteroatoms. The van der Waals surface area contributed by atoms with Crippen molar-refractivity contribution in [3.63, 3.8) is 0 Å². The lowest BCUT2D eigenvalue weighted by Gasteiger charge is -2.26. The van der Waals surface area contributed by atoms with Crippen LogP contribution < -0.4 is 4.90 Å². The zero-order valence-electron chi connectivity index (χ0n) is 16.9. The normalized spacial score (nSPS) is 14.0. The SMILES string of the molecule is Cc1ccc(Cc2c(C)c(C#N)c3nc4ccccc4n3c2N2CCCC2)cc1. The van der Waals surface area contributed by atoms with Crippen molar-refractivity contribution in [2.45, 2.75) is 33.1 Å². The fourth-order valence-electron chi connectivity index (χ4n) is 4.55. The van der Waals surface area contributed by atoms with Crippen LogP contribution in [-0.4, -0.2) is 22.5 Å². The third-order valence-corrected chi connectivity index (χ3v) is 6.11. The van der Waals surface area contributed by atoms with E-state index in [4.69, 9.17) is 4.98 Å². The van der Waals surface area contributed by atoms with Gasteiger partial charge < -0.3 is 4.90 Å². The summed E-state index contributed by atoms with van der Waals surface area (Å²) in [5.74, 6) is 1.21. The van der Waals surface area contributed by atoms with Crippen molar-refractivity contribution < 1.29 is 0 Å². The Hall–Kier alpha value is -3.32. The average Bonchev–Trinajstić information content (AvgIpc) is 3.38. The van der Waals surface area contributed by atoms with Gasteiger partial charge >= 0.3 is 0 Å². The van der Waals surface area contributed by atoms with Crippen molar-refractivity contribution in [2.24, 2.45) is 0 Å². The number of aromatic nitrogens is 2. The second kappa shape index (κ2) is 6.93. The van der Waals surface area contributed by atoms with Gasteiger partial charge in [-0.3, -0.25) is 4.40 Å². The van der Waals surface area contributed by atoms with Crippen molar-refractivity contribution in [3.05, 3.63) is 76.3 Å². The fraction of sp³-hybridized carbons (Fsp3) is 0.280. The maximum Gasteiger partial charge on any atom is 0.157 e. The van der Waals surface area contributed by atoms with E-state index in [2.05, 4.69) is 65.6 Å². The first-order chi connectivity index (χ1) is 14.2. The first-order valence-electron chi connectivity index (χ1n) is 10.3. The van der Waals surface area contributed by atoms with Crippen LogP contribution in [0, 0.1) is 25.2 Å². The average molecular weight is 380 g/mol. The minimum absolute atomic E-state index is 0.686. The Morgan fingerprint density at radius 3 is 2.45 bits per heavy atom. The van der Waals surface area contributed by atoms with Gasteiger partial charge in [-0.05, 0) is 49.9 Å². The first kappa shape index (κ1) is 17.8. The first-order valence-corrected chi connectivity index (χ1v) is 10.3. The monoisotopic (exact) mass is 380 g/mol. The second-order valence-corrected chi connectivity index (χ2v) is 8.03. The predicted octanol–water partition coefficient (Wildman–Crippen LogP) is 5.17. The molecule has 4 nitrogen and oxygen atoms in total. The summed E-state index contributed by atoms with van der Waals surface area (Å²) in [4.78, 5) is 7.34. The van der Waals surface area contributed by atoms with Crippen LogP contribution in [0.15, 0.2) is 48.5 Å². The Bertz CT molecular complexity index is 1250. The summed E-state index contributed by atoms with van der Waals surface area (Å²) in [6.45, 7) is 6.30. The highest BCUT2D eigenvalue weighted by atomic mass is 15.2. The van der Waals surface area contributed by atoms with Crippen LogP contribution in [0.2, 0.25) is 0 Å². The van der Waals surface area contributed by atoms with Crippen LogP contribution in [0.25, 0.3) is 16.7 Å². The summed E-state index contributed by atoms with van der Waals surface area (Å²) in [5.41, 5.74) is 8.31. The number of rotatable bonds is 3. The standard InChI is InChI=1S/C25H24N4/c1-17-9-11-19(12-10-17)15-20-18(2)21(16-26)24-27-22-7-3-4-8-23(22)29(24)25(20)28-13-5-6-14-28/h3-4,7-12H,5-6,13-15H2,1-2H3. The van der Waals surface area contributed by atoms with Crippen LogP contribution in [0.4, 0.5) is 5.82 Å². The molecule has 2 aromatic carbocycles. The number of hydrogen-bond acceptors (Lipinski definition) is 3. The molecule has 0 unspecified atom stereocenters. The maximum atomic E-state index is 10.0. The summed E-state index contributed by atoms with van der Waals surface area (Å²) < 4.78 is 2.23. The molecule has 4 aromatic rings. The van der Waals surface area contributed by atoms with E-state index >= 15 is 0 Å². The minimum Gasteiger partial charge on any atom is -0.357 e. The molecule has 2 aromatic heterocycles. The smallest absolute Gasteiger partial charge is 0.157 e. The highest BCUT2D eigenvalue weighted by Gasteiger charge is 2.25. The van der Waals surface area contributed by atoms with Crippen LogP contribution in [0.1, 0.15) is 40.7 Å². The quantitative estimate of drug-likeness (QED) is 0.493. The lowest BCUT2D eigenvalue weighted by atomic mass is 9.97. The van der Waals surface area contributed by atoms with Crippen molar-refractivity contribution in [1.82, 2.24) is 9.38 Å². The highest BCUT2D eigenvalue weighted by Crippen LogP contribution is 2.36. The van der Waals surface area contributed by atoms with E-state index in [0.717, 1.165) is 41.8 Å². The van der Waals surface area contributed by atoms with Crippen LogP contribution in [0.3, 0.4) is 0 Å². The van der Waals surface area contributed by atoms with Gasteiger partial charge in [-0.15, -0.1) is 0 Å². The van der Waals surface area contributed by atoms with Crippen LogP contribution >= 0.6 is 0 Å². The minimum atomic E-state index is 0.686. The number of aryl methyl sites for hydroxylation is 1. The lowest BCUT2D eigenvalue weighted by molar-refractivity contribution is 0.900. The van der Waals surface area contributed by atoms with Crippen LogP contribution in [0.5, 0.6) is 0 Å². The number of hydrogen-bond donors (Lipinski definition) is 0. The van der Waals surface area contributed by atoms with Gasteiger partial charge in [0.15, 0.2) is 5.65 Å². The molecular weight excluding hydrogens is 356 g/mol. The summed E-state index contributed by atoms with van der Waals surface area (Å²) in [7, 11) is 0. The maximum absolute atomic E-state index is 10.0. The van der Waals surface area contributed by atoms with E-state index < -0.39 is 0 Å². The zero-order chi connectivity index (χ0) is 20.0. The Morgan fingerprint density at radius 1 is 1.00 bits per heavy atom. The van der Waals surface area contributed by atoms with Gasteiger partial charge in [-0.25, -0.2) is 4.98 Å². The Kier molecular flexibility index (Phi) is 4.24. The second-order valence-electron chi connectivity index (χ2n) is 8.03. The highest BCUT2D eigenvalue weighted by molar-refractivity contribution is 5.86. The molecule has 3 heterocycles. The predicted molar refractivity (Wildman–Crippen MR) is 118 cm³/mol. The largest absolute Gasteiger partial charge is 0.357 e. The molecule has 1 aliphatic rings.